The molecule has 0 spiro atoms. The molecule has 4 amide bonds. The lowest BCUT2D eigenvalue weighted by atomic mass is 10.1. The fraction of sp³-hybridized carbons (Fsp3) is 0.471. The molecular formula is C17H23N3O4. The van der Waals surface area contributed by atoms with E-state index < -0.39 is 6.03 Å². The van der Waals surface area contributed by atoms with Gasteiger partial charge in [0.25, 0.3) is 0 Å². The molecule has 2 N–H and O–H groups in total. The molecule has 1 heterocycles. The fourth-order valence-electron chi connectivity index (χ4n) is 2.52. The molecule has 1 saturated heterocycles. The Labute approximate surface area is 141 Å². The van der Waals surface area contributed by atoms with Crippen LogP contribution >= 0.6 is 0 Å². The van der Waals surface area contributed by atoms with Crippen molar-refractivity contribution in [3.8, 4) is 5.75 Å². The van der Waals surface area contributed by atoms with Crippen molar-refractivity contribution in [2.75, 3.05) is 19.7 Å². The number of para-hydroxylation sites is 1. The zero-order valence-corrected chi connectivity index (χ0v) is 14.2. The number of hydrogen-bond donors (Lipinski definition) is 2. The summed E-state index contributed by atoms with van der Waals surface area (Å²) in [4.78, 5) is 36.0. The van der Waals surface area contributed by atoms with Gasteiger partial charge in [-0.25, -0.2) is 4.79 Å². The summed E-state index contributed by atoms with van der Waals surface area (Å²) in [5.41, 5.74) is 2.09. The number of benzene rings is 1. The molecule has 1 atom stereocenters. The van der Waals surface area contributed by atoms with Gasteiger partial charge in [0, 0.05) is 13.0 Å². The Hall–Kier alpha value is -2.57. The van der Waals surface area contributed by atoms with Crippen LogP contribution in [0.4, 0.5) is 4.79 Å². The molecule has 0 unspecified atom stereocenters. The summed E-state index contributed by atoms with van der Waals surface area (Å²) in [6, 6.07) is 5.19. The molecule has 1 aliphatic heterocycles. The van der Waals surface area contributed by atoms with Crippen molar-refractivity contribution < 1.29 is 19.1 Å². The minimum Gasteiger partial charge on any atom is -0.491 e. The summed E-state index contributed by atoms with van der Waals surface area (Å²) < 4.78 is 5.80. The number of ether oxygens (including phenoxy) is 1. The molecule has 7 heteroatoms. The lowest BCUT2D eigenvalue weighted by molar-refractivity contribution is -0.125. The Bertz CT molecular complexity index is 624. The van der Waals surface area contributed by atoms with Crippen LogP contribution in [0.15, 0.2) is 18.2 Å². The zero-order chi connectivity index (χ0) is 17.7. The molecular weight excluding hydrogens is 310 g/mol. The third-order valence-electron chi connectivity index (χ3n) is 3.77. The minimum atomic E-state index is -0.527. The number of rotatable bonds is 6. The van der Waals surface area contributed by atoms with Gasteiger partial charge >= 0.3 is 6.03 Å². The second-order valence-corrected chi connectivity index (χ2v) is 6.03. The molecule has 0 aliphatic carbocycles. The van der Waals surface area contributed by atoms with E-state index in [9.17, 15) is 14.4 Å². The predicted molar refractivity (Wildman–Crippen MR) is 88.7 cm³/mol. The van der Waals surface area contributed by atoms with Gasteiger partial charge in [0.2, 0.25) is 11.8 Å². The highest BCUT2D eigenvalue weighted by molar-refractivity contribution is 5.98. The van der Waals surface area contributed by atoms with Gasteiger partial charge in [-0.05, 0) is 31.9 Å². The first-order chi connectivity index (χ1) is 11.4. The van der Waals surface area contributed by atoms with E-state index >= 15 is 0 Å². The quantitative estimate of drug-likeness (QED) is 0.817. The van der Waals surface area contributed by atoms with Crippen molar-refractivity contribution in [2.45, 2.75) is 33.2 Å². The molecule has 1 aromatic rings. The maximum atomic E-state index is 12.0. The SMILES string of the molecule is Cc1cccc(C)c1OC[C@H](C)NC(=O)CN1CCC(=O)NC1=O. The van der Waals surface area contributed by atoms with Crippen LogP contribution in [0, 0.1) is 13.8 Å². The van der Waals surface area contributed by atoms with Gasteiger partial charge in [0.15, 0.2) is 0 Å². The molecule has 0 radical (unpaired) electrons. The van der Waals surface area contributed by atoms with Gasteiger partial charge in [-0.3, -0.25) is 14.9 Å². The van der Waals surface area contributed by atoms with Crippen LogP contribution in [0.3, 0.4) is 0 Å². The molecule has 0 aromatic heterocycles. The Kier molecular flexibility index (Phi) is 5.78. The Morgan fingerprint density at radius 3 is 2.62 bits per heavy atom. The van der Waals surface area contributed by atoms with Crippen LogP contribution in [-0.2, 0) is 9.59 Å². The summed E-state index contributed by atoms with van der Waals surface area (Å²) >= 11 is 0. The summed E-state index contributed by atoms with van der Waals surface area (Å²) in [5.74, 6) is 0.233. The Morgan fingerprint density at radius 2 is 2.00 bits per heavy atom. The van der Waals surface area contributed by atoms with Crippen LogP contribution in [0.25, 0.3) is 0 Å². The van der Waals surface area contributed by atoms with E-state index in [1.54, 1.807) is 0 Å². The number of aryl methyl sites for hydroxylation is 2. The molecule has 24 heavy (non-hydrogen) atoms. The van der Waals surface area contributed by atoms with Crippen LogP contribution in [0.5, 0.6) is 5.75 Å². The molecule has 1 aromatic carbocycles. The van der Waals surface area contributed by atoms with Gasteiger partial charge in [0.05, 0.1) is 6.04 Å². The second-order valence-electron chi connectivity index (χ2n) is 6.03. The van der Waals surface area contributed by atoms with Crippen LogP contribution in [-0.4, -0.2) is 48.5 Å². The normalized spacial score (nSPS) is 15.7. The van der Waals surface area contributed by atoms with Gasteiger partial charge < -0.3 is 15.0 Å². The third kappa shape index (κ3) is 4.71. The smallest absolute Gasteiger partial charge is 0.324 e. The first-order valence-corrected chi connectivity index (χ1v) is 7.94. The maximum Gasteiger partial charge on any atom is 0.324 e. The highest BCUT2D eigenvalue weighted by atomic mass is 16.5. The summed E-state index contributed by atoms with van der Waals surface area (Å²) in [6.45, 7) is 6.30. The molecule has 130 valence electrons. The van der Waals surface area contributed by atoms with Crippen LogP contribution in [0.1, 0.15) is 24.5 Å². The molecule has 1 fully saturated rings. The van der Waals surface area contributed by atoms with E-state index in [1.165, 1.54) is 4.90 Å². The van der Waals surface area contributed by atoms with E-state index in [0.29, 0.717) is 6.61 Å². The Morgan fingerprint density at radius 1 is 1.33 bits per heavy atom. The predicted octanol–water partition coefficient (Wildman–Crippen LogP) is 1.13. The van der Waals surface area contributed by atoms with Crippen molar-refractivity contribution in [2.24, 2.45) is 0 Å². The standard InChI is InChI=1S/C17H23N3O4/c1-11-5-4-6-12(2)16(11)24-10-13(3)18-15(22)9-20-8-7-14(21)19-17(20)23/h4-6,13H,7-10H2,1-3H3,(H,18,22)(H,19,21,23)/t13-/m0/s1. The highest BCUT2D eigenvalue weighted by Gasteiger charge is 2.25. The lowest BCUT2D eigenvalue weighted by Gasteiger charge is -2.26. The van der Waals surface area contributed by atoms with Crippen LogP contribution in [0.2, 0.25) is 0 Å². The first-order valence-electron chi connectivity index (χ1n) is 7.94. The first kappa shape index (κ1) is 17.8. The number of hydrogen-bond acceptors (Lipinski definition) is 4. The minimum absolute atomic E-state index is 0.0765. The monoisotopic (exact) mass is 333 g/mol. The number of nitrogens with one attached hydrogen (secondary N) is 2. The van der Waals surface area contributed by atoms with Gasteiger partial charge in [-0.2, -0.15) is 0 Å². The number of nitrogens with zero attached hydrogens (tertiary/aromatic N) is 1. The van der Waals surface area contributed by atoms with Crippen molar-refractivity contribution in [1.82, 2.24) is 15.5 Å². The Balaban J connectivity index is 1.79. The van der Waals surface area contributed by atoms with Crippen molar-refractivity contribution in [3.63, 3.8) is 0 Å². The van der Waals surface area contributed by atoms with Gasteiger partial charge in [-0.15, -0.1) is 0 Å². The number of amides is 4. The van der Waals surface area contributed by atoms with Crippen molar-refractivity contribution >= 4 is 17.8 Å². The number of imide groups is 1. The maximum absolute atomic E-state index is 12.0. The number of carbonyl (C=O) groups is 3. The van der Waals surface area contributed by atoms with E-state index in [2.05, 4.69) is 10.6 Å². The number of carbonyl (C=O) groups excluding carboxylic acids is 3. The lowest BCUT2D eigenvalue weighted by Crippen LogP contribution is -2.53. The largest absolute Gasteiger partial charge is 0.491 e. The highest BCUT2D eigenvalue weighted by Crippen LogP contribution is 2.22. The molecule has 0 saturated carbocycles. The average Bonchev–Trinajstić information content (AvgIpc) is 2.49. The van der Waals surface area contributed by atoms with Gasteiger partial charge in [-0.1, -0.05) is 18.2 Å². The van der Waals surface area contributed by atoms with Crippen LogP contribution < -0.4 is 15.4 Å². The van der Waals surface area contributed by atoms with Gasteiger partial charge in [0.1, 0.15) is 18.9 Å². The summed E-state index contributed by atoms with van der Waals surface area (Å²) in [6.07, 6.45) is 0.213. The van der Waals surface area contributed by atoms with E-state index in [4.69, 9.17) is 4.74 Å². The molecule has 2 rings (SSSR count). The van der Waals surface area contributed by atoms with E-state index in [0.717, 1.165) is 16.9 Å². The topological polar surface area (TPSA) is 87.7 Å². The van der Waals surface area contributed by atoms with Crippen molar-refractivity contribution in [3.05, 3.63) is 29.3 Å². The average molecular weight is 333 g/mol. The zero-order valence-electron chi connectivity index (χ0n) is 14.2. The summed E-state index contributed by atoms with van der Waals surface area (Å²) in [5, 5.41) is 4.99. The molecule has 1 aliphatic rings. The third-order valence-corrected chi connectivity index (χ3v) is 3.77. The second kappa shape index (κ2) is 7.81. The van der Waals surface area contributed by atoms with Crippen molar-refractivity contribution in [1.29, 1.82) is 0 Å². The van der Waals surface area contributed by atoms with E-state index in [1.807, 2.05) is 39.0 Å². The number of urea groups is 1. The summed E-state index contributed by atoms with van der Waals surface area (Å²) in [7, 11) is 0. The molecule has 0 bridgehead atoms. The molecule has 7 nitrogen and oxygen atoms in total. The fourth-order valence-corrected chi connectivity index (χ4v) is 2.52. The van der Waals surface area contributed by atoms with E-state index in [-0.39, 0.29) is 37.4 Å².